The van der Waals surface area contributed by atoms with E-state index >= 15 is 0 Å². The highest BCUT2D eigenvalue weighted by molar-refractivity contribution is 5.73. The molecule has 0 bridgehead atoms. The summed E-state index contributed by atoms with van der Waals surface area (Å²) in [6, 6.07) is 7.99. The van der Waals surface area contributed by atoms with Gasteiger partial charge < -0.3 is 15.4 Å². The average molecular weight is 393 g/mol. The fourth-order valence-electron chi connectivity index (χ4n) is 3.05. The zero-order valence-corrected chi connectivity index (χ0v) is 15.3. The molecule has 0 saturated heterocycles. The Morgan fingerprint density at radius 3 is 2.43 bits per heavy atom. The number of carbonyl (C=O) groups excluding carboxylic acids is 1. The third kappa shape index (κ3) is 5.87. The molecule has 1 heterocycles. The van der Waals surface area contributed by atoms with Crippen molar-refractivity contribution in [3.05, 3.63) is 59.3 Å². The molecule has 3 rings (SSSR count). The molecule has 1 fully saturated rings. The topological polar surface area (TPSA) is 63.2 Å². The normalized spacial score (nSPS) is 14.7. The van der Waals surface area contributed by atoms with Gasteiger partial charge in [0, 0.05) is 25.4 Å². The van der Waals surface area contributed by atoms with Crippen LogP contribution in [0.1, 0.15) is 42.4 Å². The molecule has 2 N–H and O–H groups in total. The summed E-state index contributed by atoms with van der Waals surface area (Å²) in [4.78, 5) is 16.1. The third-order valence-electron chi connectivity index (χ3n) is 4.55. The van der Waals surface area contributed by atoms with Gasteiger partial charge in [-0.25, -0.2) is 9.78 Å². The second-order valence-electron chi connectivity index (χ2n) is 6.76. The molecule has 0 radical (unpaired) electrons. The van der Waals surface area contributed by atoms with Crippen LogP contribution in [-0.4, -0.2) is 17.1 Å². The van der Waals surface area contributed by atoms with Gasteiger partial charge in [0.05, 0.1) is 5.56 Å². The maximum absolute atomic E-state index is 12.7. The van der Waals surface area contributed by atoms with Crippen LogP contribution in [0.25, 0.3) is 0 Å². The second kappa shape index (κ2) is 8.95. The van der Waals surface area contributed by atoms with Crippen LogP contribution in [0.5, 0.6) is 5.88 Å². The molecule has 1 aliphatic rings. The zero-order valence-electron chi connectivity index (χ0n) is 15.3. The molecule has 5 nitrogen and oxygen atoms in total. The average Bonchev–Trinajstić information content (AvgIpc) is 3.18. The zero-order chi connectivity index (χ0) is 20.0. The van der Waals surface area contributed by atoms with E-state index in [4.69, 9.17) is 4.74 Å². The monoisotopic (exact) mass is 393 g/mol. The van der Waals surface area contributed by atoms with Crippen molar-refractivity contribution in [1.29, 1.82) is 0 Å². The predicted molar refractivity (Wildman–Crippen MR) is 97.6 cm³/mol. The highest BCUT2D eigenvalue weighted by Crippen LogP contribution is 2.29. The van der Waals surface area contributed by atoms with Crippen LogP contribution in [0.15, 0.2) is 42.6 Å². The van der Waals surface area contributed by atoms with Crippen LogP contribution < -0.4 is 15.4 Å². The number of amides is 2. The summed E-state index contributed by atoms with van der Waals surface area (Å²) >= 11 is 0. The summed E-state index contributed by atoms with van der Waals surface area (Å²) in [5.74, 6) is 0.574. The molecule has 150 valence electrons. The minimum atomic E-state index is -4.40. The Kier molecular flexibility index (Phi) is 6.38. The molecule has 1 aliphatic carbocycles. The SMILES string of the molecule is O=C(NCc1ccc(OC2CCCC2)nc1)NCc1cccc(C(F)(F)F)c1. The molecule has 1 saturated carbocycles. The van der Waals surface area contributed by atoms with Gasteiger partial charge in [-0.05, 0) is 48.9 Å². The standard InChI is InChI=1S/C20H22F3N3O2/c21-20(22,23)16-5-3-4-14(10-16)11-25-19(27)26-13-15-8-9-18(24-12-15)28-17-6-1-2-7-17/h3-5,8-10,12,17H,1-2,6-7,11,13H2,(H2,25,26,27). The van der Waals surface area contributed by atoms with Crippen molar-refractivity contribution in [1.82, 2.24) is 15.6 Å². The van der Waals surface area contributed by atoms with Gasteiger partial charge in [-0.1, -0.05) is 18.2 Å². The second-order valence-corrected chi connectivity index (χ2v) is 6.76. The molecule has 0 aliphatic heterocycles. The first kappa shape index (κ1) is 20.0. The number of aromatic nitrogens is 1. The van der Waals surface area contributed by atoms with E-state index < -0.39 is 17.8 Å². The number of benzene rings is 1. The van der Waals surface area contributed by atoms with Gasteiger partial charge in [-0.2, -0.15) is 13.2 Å². The molecule has 1 aromatic carbocycles. The van der Waals surface area contributed by atoms with Gasteiger partial charge in [-0.15, -0.1) is 0 Å². The number of urea groups is 1. The first-order chi connectivity index (χ1) is 13.4. The van der Waals surface area contributed by atoms with Crippen LogP contribution >= 0.6 is 0 Å². The number of nitrogens with zero attached hydrogens (tertiary/aromatic N) is 1. The Bertz CT molecular complexity index is 788. The van der Waals surface area contributed by atoms with Crippen molar-refractivity contribution in [3.63, 3.8) is 0 Å². The van der Waals surface area contributed by atoms with E-state index in [9.17, 15) is 18.0 Å². The van der Waals surface area contributed by atoms with Crippen molar-refractivity contribution in [3.8, 4) is 5.88 Å². The van der Waals surface area contributed by atoms with E-state index in [-0.39, 0.29) is 19.2 Å². The summed E-state index contributed by atoms with van der Waals surface area (Å²) < 4.78 is 43.9. The molecule has 8 heteroatoms. The maximum Gasteiger partial charge on any atom is 0.416 e. The molecule has 0 atom stereocenters. The molecule has 2 aromatic rings. The third-order valence-corrected chi connectivity index (χ3v) is 4.55. The number of hydrogen-bond acceptors (Lipinski definition) is 3. The van der Waals surface area contributed by atoms with Crippen LogP contribution in [0, 0.1) is 0 Å². The van der Waals surface area contributed by atoms with E-state index in [2.05, 4.69) is 15.6 Å². The number of nitrogens with one attached hydrogen (secondary N) is 2. The van der Waals surface area contributed by atoms with Crippen molar-refractivity contribution in [2.45, 2.75) is 51.1 Å². The van der Waals surface area contributed by atoms with Gasteiger partial charge in [-0.3, -0.25) is 0 Å². The van der Waals surface area contributed by atoms with E-state index in [0.717, 1.165) is 30.5 Å². The minimum absolute atomic E-state index is 0.00215. The van der Waals surface area contributed by atoms with Crippen LogP contribution in [0.3, 0.4) is 0 Å². The van der Waals surface area contributed by atoms with Gasteiger partial charge >= 0.3 is 12.2 Å². The van der Waals surface area contributed by atoms with Crippen LogP contribution in [0.4, 0.5) is 18.0 Å². The number of pyridine rings is 1. The highest BCUT2D eigenvalue weighted by atomic mass is 19.4. The maximum atomic E-state index is 12.7. The Labute approximate surface area is 161 Å². The summed E-state index contributed by atoms with van der Waals surface area (Å²) in [5, 5.41) is 5.20. The largest absolute Gasteiger partial charge is 0.474 e. The summed E-state index contributed by atoms with van der Waals surface area (Å²) in [7, 11) is 0. The van der Waals surface area contributed by atoms with E-state index in [1.807, 2.05) is 6.07 Å². The molecular weight excluding hydrogens is 371 g/mol. The first-order valence-electron chi connectivity index (χ1n) is 9.19. The minimum Gasteiger partial charge on any atom is -0.474 e. The summed E-state index contributed by atoms with van der Waals surface area (Å²) in [6.07, 6.45) is 1.94. The molecular formula is C20H22F3N3O2. The van der Waals surface area contributed by atoms with Gasteiger partial charge in [0.25, 0.3) is 0 Å². The van der Waals surface area contributed by atoms with E-state index in [1.165, 1.54) is 25.0 Å². The Morgan fingerprint density at radius 2 is 1.79 bits per heavy atom. The number of hydrogen-bond donors (Lipinski definition) is 2. The lowest BCUT2D eigenvalue weighted by Gasteiger charge is -2.12. The fourth-order valence-corrected chi connectivity index (χ4v) is 3.05. The van der Waals surface area contributed by atoms with Gasteiger partial charge in [0.2, 0.25) is 5.88 Å². The van der Waals surface area contributed by atoms with Crippen LogP contribution in [-0.2, 0) is 19.3 Å². The molecule has 1 aromatic heterocycles. The number of halogens is 3. The van der Waals surface area contributed by atoms with Gasteiger partial charge in [0.15, 0.2) is 0 Å². The van der Waals surface area contributed by atoms with E-state index in [1.54, 1.807) is 12.3 Å². The number of alkyl halides is 3. The summed E-state index contributed by atoms with van der Waals surface area (Å²) in [6.45, 7) is 0.257. The first-order valence-corrected chi connectivity index (χ1v) is 9.19. The lowest BCUT2D eigenvalue weighted by atomic mass is 10.1. The molecule has 0 unspecified atom stereocenters. The smallest absolute Gasteiger partial charge is 0.416 e. The lowest BCUT2D eigenvalue weighted by Crippen LogP contribution is -2.34. The van der Waals surface area contributed by atoms with Crippen molar-refractivity contribution < 1.29 is 22.7 Å². The van der Waals surface area contributed by atoms with E-state index in [0.29, 0.717) is 11.4 Å². The van der Waals surface area contributed by atoms with Crippen molar-refractivity contribution in [2.75, 3.05) is 0 Å². The summed E-state index contributed by atoms with van der Waals surface area (Å²) in [5.41, 5.74) is 0.436. The predicted octanol–water partition coefficient (Wildman–Crippen LogP) is 4.42. The Balaban J connectivity index is 1.43. The highest BCUT2D eigenvalue weighted by Gasteiger charge is 2.30. The molecule has 2 amide bonds. The van der Waals surface area contributed by atoms with Crippen LogP contribution in [0.2, 0.25) is 0 Å². The lowest BCUT2D eigenvalue weighted by molar-refractivity contribution is -0.137. The Morgan fingerprint density at radius 1 is 1.07 bits per heavy atom. The molecule has 28 heavy (non-hydrogen) atoms. The fraction of sp³-hybridized carbons (Fsp3) is 0.400. The Hall–Kier alpha value is -2.77. The van der Waals surface area contributed by atoms with Crippen molar-refractivity contribution >= 4 is 6.03 Å². The van der Waals surface area contributed by atoms with Crippen molar-refractivity contribution in [2.24, 2.45) is 0 Å². The number of carbonyl (C=O) groups is 1. The quantitative estimate of drug-likeness (QED) is 0.764. The number of ether oxygens (including phenoxy) is 1. The number of rotatable bonds is 6. The van der Waals surface area contributed by atoms with Gasteiger partial charge in [0.1, 0.15) is 6.10 Å². The molecule has 0 spiro atoms.